The topological polar surface area (TPSA) is 12.0 Å². The highest BCUT2D eigenvalue weighted by molar-refractivity contribution is 4.86. The molecule has 1 saturated heterocycles. The molecule has 1 heterocycles. The van der Waals surface area contributed by atoms with Crippen molar-refractivity contribution >= 4 is 0 Å². The van der Waals surface area contributed by atoms with Crippen molar-refractivity contribution in [3.05, 3.63) is 0 Å². The lowest BCUT2D eigenvalue weighted by Crippen LogP contribution is -2.36. The Balaban J connectivity index is 1.81. The molecular formula is C11H18F3N. The summed E-state index contributed by atoms with van der Waals surface area (Å²) in [5, 5.41) is 3.40. The van der Waals surface area contributed by atoms with Crippen molar-refractivity contribution in [1.29, 1.82) is 0 Å². The largest absolute Gasteiger partial charge is 0.391 e. The third-order valence-corrected chi connectivity index (χ3v) is 3.90. The zero-order valence-corrected chi connectivity index (χ0v) is 8.82. The van der Waals surface area contributed by atoms with E-state index in [4.69, 9.17) is 0 Å². The van der Waals surface area contributed by atoms with E-state index in [9.17, 15) is 13.2 Å². The third kappa shape index (κ3) is 2.65. The highest BCUT2D eigenvalue weighted by Crippen LogP contribution is 2.41. The molecule has 0 aromatic rings. The summed E-state index contributed by atoms with van der Waals surface area (Å²) in [6.45, 7) is 1.05. The predicted molar refractivity (Wildman–Crippen MR) is 52.5 cm³/mol. The lowest BCUT2D eigenvalue weighted by Gasteiger charge is -2.33. The second-order valence-electron chi connectivity index (χ2n) is 4.86. The average molecular weight is 221 g/mol. The van der Waals surface area contributed by atoms with Gasteiger partial charge in [0.2, 0.25) is 0 Å². The molecule has 15 heavy (non-hydrogen) atoms. The Morgan fingerprint density at radius 1 is 0.933 bits per heavy atom. The van der Waals surface area contributed by atoms with E-state index < -0.39 is 12.1 Å². The zero-order chi connectivity index (χ0) is 10.9. The van der Waals surface area contributed by atoms with Gasteiger partial charge in [-0.3, -0.25) is 0 Å². The standard InChI is InChI=1S/C11H18F3N/c12-11(13,14)9-5-3-8(4-6-9)10-2-1-7-15-10/h8-10,15H,1-7H2. The predicted octanol–water partition coefficient (Wildman–Crippen LogP) is 3.11. The Kier molecular flexibility index (Phi) is 3.24. The Morgan fingerprint density at radius 2 is 1.60 bits per heavy atom. The van der Waals surface area contributed by atoms with Crippen LogP contribution in [0.5, 0.6) is 0 Å². The molecule has 0 radical (unpaired) electrons. The third-order valence-electron chi connectivity index (χ3n) is 3.90. The maximum atomic E-state index is 12.4. The van der Waals surface area contributed by atoms with Crippen molar-refractivity contribution in [1.82, 2.24) is 5.32 Å². The van der Waals surface area contributed by atoms with E-state index in [1.807, 2.05) is 0 Å². The first-order valence-electron chi connectivity index (χ1n) is 5.87. The second-order valence-corrected chi connectivity index (χ2v) is 4.86. The average Bonchev–Trinajstić information content (AvgIpc) is 2.69. The Labute approximate surface area is 88.4 Å². The lowest BCUT2D eigenvalue weighted by molar-refractivity contribution is -0.184. The van der Waals surface area contributed by atoms with Gasteiger partial charge < -0.3 is 5.32 Å². The van der Waals surface area contributed by atoms with Gasteiger partial charge in [0, 0.05) is 6.04 Å². The first-order chi connectivity index (χ1) is 7.07. The van der Waals surface area contributed by atoms with Crippen LogP contribution in [0, 0.1) is 11.8 Å². The molecule has 88 valence electrons. The number of rotatable bonds is 1. The van der Waals surface area contributed by atoms with Crippen molar-refractivity contribution < 1.29 is 13.2 Å². The fraction of sp³-hybridized carbons (Fsp3) is 1.00. The Bertz CT molecular complexity index is 200. The Morgan fingerprint density at radius 3 is 2.07 bits per heavy atom. The molecule has 2 fully saturated rings. The molecule has 0 aromatic heterocycles. The van der Waals surface area contributed by atoms with Crippen molar-refractivity contribution in [2.75, 3.05) is 6.54 Å². The highest BCUT2D eigenvalue weighted by Gasteiger charge is 2.42. The molecule has 0 spiro atoms. The minimum atomic E-state index is -3.96. The van der Waals surface area contributed by atoms with Crippen LogP contribution in [0.1, 0.15) is 38.5 Å². The number of hydrogen-bond acceptors (Lipinski definition) is 1. The number of nitrogens with one attached hydrogen (secondary N) is 1. The lowest BCUT2D eigenvalue weighted by atomic mass is 9.78. The summed E-state index contributed by atoms with van der Waals surface area (Å²) >= 11 is 0. The van der Waals surface area contributed by atoms with Crippen molar-refractivity contribution in [2.24, 2.45) is 11.8 Å². The minimum absolute atomic E-state index is 0.340. The first kappa shape index (κ1) is 11.2. The summed E-state index contributed by atoms with van der Waals surface area (Å²) in [7, 11) is 0. The molecule has 1 nitrogen and oxygen atoms in total. The van der Waals surface area contributed by atoms with E-state index in [1.165, 1.54) is 6.42 Å². The van der Waals surface area contributed by atoms with E-state index >= 15 is 0 Å². The van der Waals surface area contributed by atoms with Crippen molar-refractivity contribution in [2.45, 2.75) is 50.7 Å². The number of halogens is 3. The fourth-order valence-corrected chi connectivity index (χ4v) is 2.96. The molecule has 1 aliphatic carbocycles. The van der Waals surface area contributed by atoms with E-state index in [0.717, 1.165) is 25.8 Å². The molecule has 1 atom stereocenters. The van der Waals surface area contributed by atoms with Gasteiger partial charge in [-0.2, -0.15) is 13.2 Å². The van der Waals surface area contributed by atoms with E-state index in [1.54, 1.807) is 0 Å². The van der Waals surface area contributed by atoms with E-state index in [0.29, 0.717) is 24.8 Å². The summed E-state index contributed by atoms with van der Waals surface area (Å²) in [6.07, 6.45) is 0.557. The first-order valence-corrected chi connectivity index (χ1v) is 5.87. The summed E-state index contributed by atoms with van der Waals surface area (Å²) in [5.74, 6) is -0.541. The molecule has 1 saturated carbocycles. The monoisotopic (exact) mass is 221 g/mol. The van der Waals surface area contributed by atoms with Gasteiger partial charge in [-0.15, -0.1) is 0 Å². The fourth-order valence-electron chi connectivity index (χ4n) is 2.96. The Hall–Kier alpha value is -0.250. The van der Waals surface area contributed by atoms with Gasteiger partial charge in [0.15, 0.2) is 0 Å². The van der Waals surface area contributed by atoms with Crippen LogP contribution >= 0.6 is 0 Å². The van der Waals surface area contributed by atoms with Crippen LogP contribution in [0.2, 0.25) is 0 Å². The quantitative estimate of drug-likeness (QED) is 0.717. The van der Waals surface area contributed by atoms with Crippen molar-refractivity contribution in [3.63, 3.8) is 0 Å². The molecule has 1 unspecified atom stereocenters. The smallest absolute Gasteiger partial charge is 0.314 e. The van der Waals surface area contributed by atoms with Gasteiger partial charge in [0.1, 0.15) is 0 Å². The SMILES string of the molecule is FC(F)(F)C1CCC(C2CCCN2)CC1. The van der Waals surface area contributed by atoms with Crippen LogP contribution in [0.25, 0.3) is 0 Å². The second kappa shape index (κ2) is 4.32. The summed E-state index contributed by atoms with van der Waals surface area (Å²) in [6, 6.07) is 0.499. The van der Waals surface area contributed by atoms with Gasteiger partial charge in [-0.1, -0.05) is 0 Å². The molecule has 4 heteroatoms. The summed E-state index contributed by atoms with van der Waals surface area (Å²) in [5.41, 5.74) is 0. The van der Waals surface area contributed by atoms with Crippen LogP contribution in [0.3, 0.4) is 0 Å². The summed E-state index contributed by atoms with van der Waals surface area (Å²) < 4.78 is 37.3. The number of alkyl halides is 3. The summed E-state index contributed by atoms with van der Waals surface area (Å²) in [4.78, 5) is 0. The molecule has 2 aliphatic rings. The van der Waals surface area contributed by atoms with E-state index in [-0.39, 0.29) is 0 Å². The van der Waals surface area contributed by atoms with Crippen molar-refractivity contribution in [3.8, 4) is 0 Å². The molecule has 0 bridgehead atoms. The van der Waals surface area contributed by atoms with Crippen LogP contribution in [-0.2, 0) is 0 Å². The number of hydrogen-bond donors (Lipinski definition) is 1. The highest BCUT2D eigenvalue weighted by atomic mass is 19.4. The molecule has 0 aromatic carbocycles. The molecular weight excluding hydrogens is 203 g/mol. The molecule has 1 aliphatic heterocycles. The van der Waals surface area contributed by atoms with Gasteiger partial charge in [-0.05, 0) is 51.0 Å². The maximum absolute atomic E-state index is 12.4. The van der Waals surface area contributed by atoms with Crippen LogP contribution < -0.4 is 5.32 Å². The van der Waals surface area contributed by atoms with Gasteiger partial charge >= 0.3 is 6.18 Å². The van der Waals surface area contributed by atoms with Gasteiger partial charge in [0.25, 0.3) is 0 Å². The van der Waals surface area contributed by atoms with Gasteiger partial charge in [-0.25, -0.2) is 0 Å². The zero-order valence-electron chi connectivity index (χ0n) is 8.82. The van der Waals surface area contributed by atoms with Crippen LogP contribution in [0.4, 0.5) is 13.2 Å². The molecule has 2 rings (SSSR count). The van der Waals surface area contributed by atoms with E-state index in [2.05, 4.69) is 5.32 Å². The normalized spacial score (nSPS) is 38.2. The minimum Gasteiger partial charge on any atom is -0.314 e. The molecule has 1 N–H and O–H groups in total. The maximum Gasteiger partial charge on any atom is 0.391 e. The molecule has 0 amide bonds. The van der Waals surface area contributed by atoms with Gasteiger partial charge in [0.05, 0.1) is 5.92 Å². The van der Waals surface area contributed by atoms with Crippen LogP contribution in [-0.4, -0.2) is 18.8 Å². The van der Waals surface area contributed by atoms with Crippen LogP contribution in [0.15, 0.2) is 0 Å².